The van der Waals surface area contributed by atoms with Gasteiger partial charge in [-0.15, -0.1) is 0 Å². The van der Waals surface area contributed by atoms with Crippen molar-refractivity contribution >= 4 is 40.2 Å². The van der Waals surface area contributed by atoms with Crippen molar-refractivity contribution in [1.29, 1.82) is 0 Å². The van der Waals surface area contributed by atoms with Crippen LogP contribution < -0.4 is 10.6 Å². The van der Waals surface area contributed by atoms with Gasteiger partial charge in [-0.05, 0) is 31.2 Å². The Morgan fingerprint density at radius 1 is 1.13 bits per heavy atom. The molecule has 1 unspecified atom stereocenters. The molecule has 0 fully saturated rings. The third-order valence-electron chi connectivity index (χ3n) is 3.00. The summed E-state index contributed by atoms with van der Waals surface area (Å²) in [6.07, 6.45) is 2.64. The summed E-state index contributed by atoms with van der Waals surface area (Å²) in [5.74, 6) is 0.897. The zero-order chi connectivity index (χ0) is 16.2. The minimum atomic E-state index is -0.510. The van der Waals surface area contributed by atoms with Crippen molar-refractivity contribution in [3.05, 3.63) is 41.7 Å². The van der Waals surface area contributed by atoms with Gasteiger partial charge in [-0.1, -0.05) is 11.6 Å². The lowest BCUT2D eigenvalue weighted by molar-refractivity contribution is 0.208. The molecular formula is C15H15ClN6O. The van der Waals surface area contributed by atoms with Crippen LogP contribution in [0.4, 0.5) is 17.5 Å². The van der Waals surface area contributed by atoms with Crippen molar-refractivity contribution in [2.75, 3.05) is 17.2 Å². The van der Waals surface area contributed by atoms with E-state index in [1.54, 1.807) is 31.5 Å². The van der Waals surface area contributed by atoms with Gasteiger partial charge in [0.25, 0.3) is 0 Å². The van der Waals surface area contributed by atoms with E-state index in [0.29, 0.717) is 34.5 Å². The number of aliphatic hydroxyl groups excluding tert-OH is 1. The van der Waals surface area contributed by atoms with Crippen LogP contribution in [0.2, 0.25) is 5.02 Å². The highest BCUT2D eigenvalue weighted by atomic mass is 35.5. The number of hydrogen-bond acceptors (Lipinski definition) is 7. The maximum Gasteiger partial charge on any atom is 0.226 e. The number of benzene rings is 1. The fraction of sp³-hybridized carbons (Fsp3) is 0.200. The molecule has 1 atom stereocenters. The van der Waals surface area contributed by atoms with E-state index in [-0.39, 0.29) is 0 Å². The van der Waals surface area contributed by atoms with Gasteiger partial charge in [0.15, 0.2) is 17.0 Å². The highest BCUT2D eigenvalue weighted by Gasteiger charge is 2.10. The van der Waals surface area contributed by atoms with Gasteiger partial charge in [0.1, 0.15) is 0 Å². The van der Waals surface area contributed by atoms with Gasteiger partial charge in [0, 0.05) is 29.6 Å². The van der Waals surface area contributed by atoms with Crippen molar-refractivity contribution in [3.8, 4) is 0 Å². The molecule has 23 heavy (non-hydrogen) atoms. The molecule has 2 heterocycles. The quantitative estimate of drug-likeness (QED) is 0.661. The fourth-order valence-corrected chi connectivity index (χ4v) is 2.06. The average molecular weight is 331 g/mol. The van der Waals surface area contributed by atoms with E-state index in [4.69, 9.17) is 11.6 Å². The fourth-order valence-electron chi connectivity index (χ4n) is 1.94. The molecule has 8 heteroatoms. The number of aromatic nitrogens is 4. The Kier molecular flexibility index (Phi) is 4.50. The highest BCUT2D eigenvalue weighted by molar-refractivity contribution is 6.30. The molecule has 1 aromatic carbocycles. The molecule has 0 aliphatic heterocycles. The van der Waals surface area contributed by atoms with Crippen LogP contribution in [0.15, 0.2) is 36.7 Å². The summed E-state index contributed by atoms with van der Waals surface area (Å²) >= 11 is 5.90. The van der Waals surface area contributed by atoms with E-state index in [1.165, 1.54) is 0 Å². The molecule has 0 aliphatic rings. The molecule has 0 saturated heterocycles. The summed E-state index contributed by atoms with van der Waals surface area (Å²) in [4.78, 5) is 17.2. The number of halogens is 1. The van der Waals surface area contributed by atoms with Gasteiger partial charge in [0.2, 0.25) is 5.95 Å². The predicted octanol–water partition coefficient (Wildman–Crippen LogP) is 2.61. The number of anilines is 3. The lowest BCUT2D eigenvalue weighted by Gasteiger charge is -2.11. The molecule has 0 spiro atoms. The normalized spacial score (nSPS) is 12.1. The minimum Gasteiger partial charge on any atom is -0.392 e. The van der Waals surface area contributed by atoms with Crippen LogP contribution in [0.1, 0.15) is 6.92 Å². The largest absolute Gasteiger partial charge is 0.392 e. The van der Waals surface area contributed by atoms with Crippen molar-refractivity contribution in [1.82, 2.24) is 19.9 Å². The van der Waals surface area contributed by atoms with Gasteiger partial charge in [-0.25, -0.2) is 9.97 Å². The predicted molar refractivity (Wildman–Crippen MR) is 90.0 cm³/mol. The van der Waals surface area contributed by atoms with E-state index in [9.17, 15) is 5.11 Å². The second-order valence-electron chi connectivity index (χ2n) is 4.99. The van der Waals surface area contributed by atoms with Gasteiger partial charge in [-0.2, -0.15) is 9.97 Å². The topological polar surface area (TPSA) is 95.8 Å². The number of rotatable bonds is 5. The van der Waals surface area contributed by atoms with Crippen LogP contribution in [-0.4, -0.2) is 37.7 Å². The Bertz CT molecular complexity index is 809. The molecule has 0 bridgehead atoms. The summed E-state index contributed by atoms with van der Waals surface area (Å²) in [7, 11) is 0. The lowest BCUT2D eigenvalue weighted by Crippen LogP contribution is -2.17. The highest BCUT2D eigenvalue weighted by Crippen LogP contribution is 2.23. The summed E-state index contributed by atoms with van der Waals surface area (Å²) in [5, 5.41) is 16.2. The molecule has 0 amide bonds. The third-order valence-corrected chi connectivity index (χ3v) is 3.25. The summed E-state index contributed by atoms with van der Waals surface area (Å²) in [6, 6.07) is 7.25. The first-order valence-corrected chi connectivity index (χ1v) is 7.43. The molecule has 0 radical (unpaired) electrons. The summed E-state index contributed by atoms with van der Waals surface area (Å²) in [5.41, 5.74) is 1.85. The lowest BCUT2D eigenvalue weighted by atomic mass is 10.3. The standard InChI is InChI=1S/C15H15ClN6O/c1-9(23)8-19-15-21-13-12(17-6-7-18-13)14(22-15)20-11-4-2-10(16)3-5-11/h2-7,9,23H,8H2,1H3,(H2,18,19,20,21,22). The first-order valence-electron chi connectivity index (χ1n) is 7.05. The number of nitrogens with one attached hydrogen (secondary N) is 2. The van der Waals surface area contributed by atoms with E-state index in [2.05, 4.69) is 30.6 Å². The van der Waals surface area contributed by atoms with Crippen molar-refractivity contribution < 1.29 is 5.11 Å². The zero-order valence-electron chi connectivity index (χ0n) is 12.4. The Balaban J connectivity index is 1.97. The van der Waals surface area contributed by atoms with E-state index in [1.807, 2.05) is 12.1 Å². The first kappa shape index (κ1) is 15.4. The molecule has 3 rings (SSSR count). The number of fused-ring (bicyclic) bond motifs is 1. The maximum atomic E-state index is 9.38. The van der Waals surface area contributed by atoms with Crippen LogP contribution in [0.3, 0.4) is 0 Å². The smallest absolute Gasteiger partial charge is 0.226 e. The Labute approximate surface area is 137 Å². The van der Waals surface area contributed by atoms with E-state index in [0.717, 1.165) is 5.69 Å². The average Bonchev–Trinajstić information content (AvgIpc) is 2.55. The van der Waals surface area contributed by atoms with Crippen molar-refractivity contribution in [2.24, 2.45) is 0 Å². The second-order valence-corrected chi connectivity index (χ2v) is 5.42. The van der Waals surface area contributed by atoms with Gasteiger partial charge in [-0.3, -0.25) is 0 Å². The Morgan fingerprint density at radius 2 is 1.87 bits per heavy atom. The molecular weight excluding hydrogens is 316 g/mol. The SMILES string of the molecule is CC(O)CNc1nc(Nc2ccc(Cl)cc2)c2nccnc2n1. The molecule has 3 N–H and O–H groups in total. The second kappa shape index (κ2) is 6.72. The van der Waals surface area contributed by atoms with Crippen molar-refractivity contribution in [2.45, 2.75) is 13.0 Å². The summed E-state index contributed by atoms with van der Waals surface area (Å²) < 4.78 is 0. The number of hydrogen-bond donors (Lipinski definition) is 3. The molecule has 0 saturated carbocycles. The zero-order valence-corrected chi connectivity index (χ0v) is 13.1. The Hall–Kier alpha value is -2.51. The van der Waals surface area contributed by atoms with Crippen LogP contribution in [-0.2, 0) is 0 Å². The number of aliphatic hydroxyl groups is 1. The van der Waals surface area contributed by atoms with Crippen molar-refractivity contribution in [3.63, 3.8) is 0 Å². The van der Waals surface area contributed by atoms with Crippen LogP contribution in [0, 0.1) is 0 Å². The first-order chi connectivity index (χ1) is 11.1. The molecule has 118 valence electrons. The third kappa shape index (κ3) is 3.82. The van der Waals surface area contributed by atoms with Crippen LogP contribution in [0.25, 0.3) is 11.2 Å². The van der Waals surface area contributed by atoms with Gasteiger partial charge < -0.3 is 15.7 Å². The number of nitrogens with zero attached hydrogens (tertiary/aromatic N) is 4. The molecule has 0 aliphatic carbocycles. The summed E-state index contributed by atoms with van der Waals surface area (Å²) in [6.45, 7) is 2.02. The minimum absolute atomic E-state index is 0.339. The van der Waals surface area contributed by atoms with Crippen LogP contribution >= 0.6 is 11.6 Å². The molecule has 2 aromatic heterocycles. The van der Waals surface area contributed by atoms with E-state index < -0.39 is 6.10 Å². The Morgan fingerprint density at radius 3 is 2.61 bits per heavy atom. The molecule has 7 nitrogen and oxygen atoms in total. The van der Waals surface area contributed by atoms with Gasteiger partial charge >= 0.3 is 0 Å². The van der Waals surface area contributed by atoms with Crippen LogP contribution in [0.5, 0.6) is 0 Å². The maximum absolute atomic E-state index is 9.38. The monoisotopic (exact) mass is 330 g/mol. The van der Waals surface area contributed by atoms with Gasteiger partial charge in [0.05, 0.1) is 6.10 Å². The van der Waals surface area contributed by atoms with E-state index >= 15 is 0 Å². The molecule has 3 aromatic rings.